The van der Waals surface area contributed by atoms with Crippen LogP contribution in [-0.4, -0.2) is 43.4 Å². The van der Waals surface area contributed by atoms with Gasteiger partial charge in [-0.3, -0.25) is 0 Å². The zero-order valence-corrected chi connectivity index (χ0v) is 20.7. The second-order valence-corrected chi connectivity index (χ2v) is 11.8. The Morgan fingerprint density at radius 2 is 1.83 bits per heavy atom. The third kappa shape index (κ3) is 3.96. The summed E-state index contributed by atoms with van der Waals surface area (Å²) in [5, 5.41) is 9.25. The van der Waals surface area contributed by atoms with Crippen molar-refractivity contribution in [3.05, 3.63) is 54.4 Å². The third-order valence-electron chi connectivity index (χ3n) is 6.82. The number of rotatable bonds is 5. The fourth-order valence-electron chi connectivity index (χ4n) is 4.84. The van der Waals surface area contributed by atoms with Crippen molar-refractivity contribution in [2.24, 2.45) is 0 Å². The average Bonchev–Trinajstić information content (AvgIpc) is 3.41. The van der Waals surface area contributed by atoms with Gasteiger partial charge < -0.3 is 15.4 Å². The van der Waals surface area contributed by atoms with E-state index in [1.165, 1.54) is 12.1 Å². The number of imidazole rings is 2. The molecule has 1 saturated carbocycles. The van der Waals surface area contributed by atoms with Crippen LogP contribution < -0.4 is 5.73 Å². The fourth-order valence-corrected chi connectivity index (χ4v) is 5.99. The largest absolute Gasteiger partial charge is 0.393 e. The maximum Gasteiger partial charge on any atom is 0.244 e. The lowest BCUT2D eigenvalue weighted by Gasteiger charge is -2.28. The van der Waals surface area contributed by atoms with Crippen molar-refractivity contribution < 1.29 is 22.3 Å². The summed E-state index contributed by atoms with van der Waals surface area (Å²) in [5.41, 5.74) is 8.01. The summed E-state index contributed by atoms with van der Waals surface area (Å²) in [6, 6.07) is 8.94. The van der Waals surface area contributed by atoms with E-state index in [0.717, 1.165) is 10.0 Å². The van der Waals surface area contributed by atoms with E-state index in [2.05, 4.69) is 9.97 Å². The highest BCUT2D eigenvalue weighted by Crippen LogP contribution is 2.40. The number of nitrogens with two attached hydrogens (primary N) is 1. The van der Waals surface area contributed by atoms with E-state index in [4.69, 9.17) is 5.73 Å². The number of aromatic nitrogens is 4. The Hall–Kier alpha value is -3.31. The van der Waals surface area contributed by atoms with Gasteiger partial charge >= 0.3 is 0 Å². The molecule has 0 spiro atoms. The molecule has 1 aliphatic rings. The predicted octanol–water partition coefficient (Wildman–Crippen LogP) is 4.49. The Morgan fingerprint density at radius 1 is 1.11 bits per heavy atom. The van der Waals surface area contributed by atoms with E-state index in [1.54, 1.807) is 38.4 Å². The van der Waals surface area contributed by atoms with E-state index in [0.29, 0.717) is 42.5 Å². The minimum absolute atomic E-state index is 0.00233. The molecule has 0 bridgehead atoms. The molecule has 0 aliphatic heterocycles. The third-order valence-corrected chi connectivity index (χ3v) is 8.91. The maximum absolute atomic E-state index is 14.9. The van der Waals surface area contributed by atoms with Crippen LogP contribution in [0.15, 0.2) is 42.7 Å². The van der Waals surface area contributed by atoms with Gasteiger partial charge in [-0.2, -0.15) is 0 Å². The maximum atomic E-state index is 14.9. The monoisotopic (exact) mass is 515 g/mol. The van der Waals surface area contributed by atoms with E-state index < -0.39 is 26.9 Å². The number of hydrogen-bond donors (Lipinski definition) is 2. The molecule has 8 nitrogen and oxygen atoms in total. The number of nitrogens with zero attached hydrogens (tertiary/aromatic N) is 4. The van der Waals surface area contributed by atoms with E-state index in [9.17, 15) is 22.3 Å². The lowest BCUT2D eigenvalue weighted by Crippen LogP contribution is -2.23. The summed E-state index contributed by atoms with van der Waals surface area (Å²) < 4.78 is 58.1. The van der Waals surface area contributed by atoms with Gasteiger partial charge in [0.15, 0.2) is 11.6 Å². The summed E-state index contributed by atoms with van der Waals surface area (Å²) in [4.78, 5) is 8.68. The van der Waals surface area contributed by atoms with Gasteiger partial charge in [0.25, 0.3) is 0 Å². The first-order valence-corrected chi connectivity index (χ1v) is 13.3. The van der Waals surface area contributed by atoms with Gasteiger partial charge in [0.2, 0.25) is 16.0 Å². The lowest BCUT2D eigenvalue weighted by molar-refractivity contribution is 0.111. The van der Waals surface area contributed by atoms with Gasteiger partial charge in [-0.1, -0.05) is 12.1 Å². The number of hydrogen-bond acceptors (Lipinski definition) is 6. The SMILES string of the molecule is CC(C)S(=O)(=O)n1c(N)nc2ccc(-c3c(-c4cccc(F)c4F)ncn3C3CCC(O)CC3)cc21. The van der Waals surface area contributed by atoms with Crippen molar-refractivity contribution >= 4 is 27.0 Å². The molecule has 0 unspecified atom stereocenters. The summed E-state index contributed by atoms with van der Waals surface area (Å²) in [7, 11) is -3.82. The van der Waals surface area contributed by atoms with Crippen molar-refractivity contribution in [2.75, 3.05) is 5.73 Å². The minimum atomic E-state index is -3.82. The smallest absolute Gasteiger partial charge is 0.244 e. The molecule has 2 heterocycles. The molecule has 0 saturated heterocycles. The van der Waals surface area contributed by atoms with Crippen LogP contribution in [0.1, 0.15) is 45.6 Å². The molecule has 0 atom stereocenters. The zero-order chi connectivity index (χ0) is 25.8. The number of fused-ring (bicyclic) bond motifs is 1. The van der Waals surface area contributed by atoms with Gasteiger partial charge in [-0.05, 0) is 63.8 Å². The van der Waals surface area contributed by atoms with Gasteiger partial charge in [0, 0.05) is 17.2 Å². The number of aliphatic hydroxyl groups excluding tert-OH is 1. The molecule has 5 rings (SSSR count). The van der Waals surface area contributed by atoms with Crippen LogP contribution in [0.25, 0.3) is 33.5 Å². The second kappa shape index (κ2) is 8.97. The van der Waals surface area contributed by atoms with Crippen LogP contribution in [-0.2, 0) is 10.0 Å². The topological polar surface area (TPSA) is 116 Å². The number of anilines is 1. The van der Waals surface area contributed by atoms with Crippen LogP contribution in [0, 0.1) is 11.6 Å². The lowest BCUT2D eigenvalue weighted by atomic mass is 9.92. The molecule has 3 N–H and O–H groups in total. The average molecular weight is 516 g/mol. The van der Waals surface area contributed by atoms with Crippen LogP contribution in [0.5, 0.6) is 0 Å². The van der Waals surface area contributed by atoms with Crippen LogP contribution in [0.4, 0.5) is 14.7 Å². The van der Waals surface area contributed by atoms with Crippen molar-refractivity contribution in [3.8, 4) is 22.5 Å². The molecule has 1 aliphatic carbocycles. The molecule has 4 aromatic rings. The first-order valence-electron chi connectivity index (χ1n) is 11.8. The first kappa shape index (κ1) is 24.4. The molecule has 2 aromatic carbocycles. The van der Waals surface area contributed by atoms with Crippen molar-refractivity contribution in [1.29, 1.82) is 0 Å². The summed E-state index contributed by atoms with van der Waals surface area (Å²) in [6.45, 7) is 3.11. The summed E-state index contributed by atoms with van der Waals surface area (Å²) in [6.07, 6.45) is 3.82. The minimum Gasteiger partial charge on any atom is -0.393 e. The Morgan fingerprint density at radius 3 is 2.53 bits per heavy atom. The Kier molecular flexibility index (Phi) is 6.08. The molecule has 190 valence electrons. The second-order valence-electron chi connectivity index (χ2n) is 9.44. The van der Waals surface area contributed by atoms with Gasteiger partial charge in [0.05, 0.1) is 40.1 Å². The first-order chi connectivity index (χ1) is 17.1. The standard InChI is InChI=1S/C25H27F2N5O3S/c1-14(2)36(34,35)32-21-12-15(6-11-20(21)30-25(32)28)24-23(18-4-3-5-19(26)22(18)27)29-13-31(24)16-7-9-17(33)10-8-16/h3-6,11-14,16-17,33H,7-10H2,1-2H3,(H2,28,30). The van der Waals surface area contributed by atoms with E-state index in [-0.39, 0.29) is 34.9 Å². The van der Waals surface area contributed by atoms with Crippen LogP contribution in [0.2, 0.25) is 0 Å². The highest BCUT2D eigenvalue weighted by Gasteiger charge is 2.28. The quantitative estimate of drug-likeness (QED) is 0.405. The predicted molar refractivity (Wildman–Crippen MR) is 134 cm³/mol. The Bertz CT molecular complexity index is 1550. The van der Waals surface area contributed by atoms with E-state index >= 15 is 0 Å². The van der Waals surface area contributed by atoms with Crippen molar-refractivity contribution in [3.63, 3.8) is 0 Å². The highest BCUT2D eigenvalue weighted by atomic mass is 32.2. The van der Waals surface area contributed by atoms with Crippen molar-refractivity contribution in [2.45, 2.75) is 56.9 Å². The molecule has 36 heavy (non-hydrogen) atoms. The van der Waals surface area contributed by atoms with Gasteiger partial charge in [0.1, 0.15) is 0 Å². The van der Waals surface area contributed by atoms with Crippen molar-refractivity contribution in [1.82, 2.24) is 18.5 Å². The molecular weight excluding hydrogens is 488 g/mol. The molecule has 2 aromatic heterocycles. The van der Waals surface area contributed by atoms with Crippen LogP contribution >= 0.6 is 0 Å². The highest BCUT2D eigenvalue weighted by molar-refractivity contribution is 7.90. The zero-order valence-electron chi connectivity index (χ0n) is 19.9. The molecule has 0 amide bonds. The van der Waals surface area contributed by atoms with Gasteiger partial charge in [-0.25, -0.2) is 31.1 Å². The van der Waals surface area contributed by atoms with Gasteiger partial charge in [-0.15, -0.1) is 0 Å². The Balaban J connectivity index is 1.76. The number of nitrogen functional groups attached to an aromatic ring is 1. The summed E-state index contributed by atoms with van der Waals surface area (Å²) >= 11 is 0. The molecule has 1 fully saturated rings. The summed E-state index contributed by atoms with van der Waals surface area (Å²) in [5.74, 6) is -2.15. The normalized spacial score (nSPS) is 18.8. The van der Waals surface area contributed by atoms with E-state index in [1.807, 2.05) is 4.57 Å². The Labute approximate surface area is 207 Å². The van der Waals surface area contributed by atoms with Crippen LogP contribution in [0.3, 0.4) is 0 Å². The fraction of sp³-hybridized carbons (Fsp3) is 0.360. The molecule has 0 radical (unpaired) electrons. The number of benzene rings is 2. The molecule has 11 heteroatoms. The number of halogens is 2. The molecular formula is C25H27F2N5O3S. The number of aliphatic hydroxyl groups is 1.